The van der Waals surface area contributed by atoms with Crippen molar-refractivity contribution in [1.82, 2.24) is 0 Å². The summed E-state index contributed by atoms with van der Waals surface area (Å²) in [6.45, 7) is 3.73. The second-order valence-corrected chi connectivity index (χ2v) is 6.85. The molecule has 0 spiro atoms. The Morgan fingerprint density at radius 3 is 2.96 bits per heavy atom. The zero-order valence-electron chi connectivity index (χ0n) is 13.1. The lowest BCUT2D eigenvalue weighted by molar-refractivity contribution is -0.113. The van der Waals surface area contributed by atoms with Crippen LogP contribution in [0.15, 0.2) is 65.1 Å². The van der Waals surface area contributed by atoms with E-state index in [1.165, 1.54) is 11.8 Å². The van der Waals surface area contributed by atoms with Crippen LogP contribution in [0.2, 0.25) is 0 Å². The number of rotatable bonds is 5. The van der Waals surface area contributed by atoms with Gasteiger partial charge in [-0.05, 0) is 29.7 Å². The molecule has 0 radical (unpaired) electrons. The number of thioether (sulfide) groups is 1. The standard InChI is InChI=1S/C18H16N2O2S2/c1-3-9-24-18-19-16(12-15-8-5-10-23-15)17(21)20(18)13-6-4-7-14(11-13)22-2/h3-8,10-12H,1,9H2,2H3. The minimum absolute atomic E-state index is 0.136. The first-order valence-electron chi connectivity index (χ1n) is 7.29. The summed E-state index contributed by atoms with van der Waals surface area (Å²) in [5, 5.41) is 2.62. The van der Waals surface area contributed by atoms with Gasteiger partial charge >= 0.3 is 0 Å². The molecule has 0 unspecified atom stereocenters. The fourth-order valence-electron chi connectivity index (χ4n) is 2.21. The third-order valence-corrected chi connectivity index (χ3v) is 5.05. The molecule has 0 N–H and O–H groups in total. The molecule has 0 bridgehead atoms. The van der Waals surface area contributed by atoms with Crippen LogP contribution in [-0.2, 0) is 4.79 Å². The SMILES string of the molecule is C=CCSC1=NC(=Cc2cccs2)C(=O)N1c1cccc(OC)c1. The summed E-state index contributed by atoms with van der Waals surface area (Å²) in [6.07, 6.45) is 3.62. The average molecular weight is 356 g/mol. The van der Waals surface area contributed by atoms with E-state index in [2.05, 4.69) is 11.6 Å². The summed E-state index contributed by atoms with van der Waals surface area (Å²) in [6, 6.07) is 11.3. The Kier molecular flexibility index (Phi) is 5.17. The van der Waals surface area contributed by atoms with Gasteiger partial charge < -0.3 is 4.74 Å². The van der Waals surface area contributed by atoms with Crippen LogP contribution in [0.3, 0.4) is 0 Å². The molecule has 2 aromatic rings. The van der Waals surface area contributed by atoms with E-state index in [-0.39, 0.29) is 5.91 Å². The molecule has 0 fully saturated rings. The van der Waals surface area contributed by atoms with Crippen LogP contribution in [0.1, 0.15) is 4.88 Å². The number of amides is 1. The summed E-state index contributed by atoms with van der Waals surface area (Å²) < 4.78 is 5.26. The molecule has 0 saturated carbocycles. The number of benzene rings is 1. The first-order chi connectivity index (χ1) is 11.7. The summed E-state index contributed by atoms with van der Waals surface area (Å²) in [5.74, 6) is 1.24. The molecule has 1 amide bonds. The van der Waals surface area contributed by atoms with Gasteiger partial charge in [0.15, 0.2) is 5.17 Å². The maximum absolute atomic E-state index is 12.9. The Hall–Kier alpha value is -2.31. The molecule has 0 atom stereocenters. The Labute approximate surface area is 149 Å². The van der Waals surface area contributed by atoms with E-state index >= 15 is 0 Å². The first-order valence-corrected chi connectivity index (χ1v) is 9.15. The molecule has 1 aromatic heterocycles. The zero-order valence-corrected chi connectivity index (χ0v) is 14.8. The van der Waals surface area contributed by atoms with Crippen molar-refractivity contribution in [3.63, 3.8) is 0 Å². The number of aliphatic imine (C=N–C) groups is 1. The number of nitrogens with zero attached hydrogens (tertiary/aromatic N) is 2. The molecular weight excluding hydrogens is 340 g/mol. The van der Waals surface area contributed by atoms with Gasteiger partial charge in [0, 0.05) is 16.7 Å². The number of hydrogen-bond acceptors (Lipinski definition) is 5. The number of hydrogen-bond donors (Lipinski definition) is 0. The van der Waals surface area contributed by atoms with Crippen molar-refractivity contribution in [3.8, 4) is 5.75 Å². The van der Waals surface area contributed by atoms with Gasteiger partial charge in [-0.1, -0.05) is 30.0 Å². The molecule has 122 valence electrons. The quantitative estimate of drug-likeness (QED) is 0.588. The van der Waals surface area contributed by atoms with Crippen molar-refractivity contribution in [1.29, 1.82) is 0 Å². The normalized spacial score (nSPS) is 15.7. The molecule has 0 saturated heterocycles. The molecular formula is C18H16N2O2S2. The second-order valence-electron chi connectivity index (χ2n) is 4.88. The summed E-state index contributed by atoms with van der Waals surface area (Å²) in [7, 11) is 1.61. The minimum atomic E-state index is -0.136. The Morgan fingerprint density at radius 2 is 2.25 bits per heavy atom. The lowest BCUT2D eigenvalue weighted by atomic mass is 10.2. The van der Waals surface area contributed by atoms with E-state index in [1.54, 1.807) is 29.4 Å². The van der Waals surface area contributed by atoms with Crippen LogP contribution >= 0.6 is 23.1 Å². The minimum Gasteiger partial charge on any atom is -0.497 e. The van der Waals surface area contributed by atoms with Gasteiger partial charge in [0.1, 0.15) is 11.4 Å². The zero-order chi connectivity index (χ0) is 16.9. The van der Waals surface area contributed by atoms with Crippen molar-refractivity contribution in [3.05, 3.63) is 65.0 Å². The van der Waals surface area contributed by atoms with E-state index in [0.717, 1.165) is 10.6 Å². The average Bonchev–Trinajstić information content (AvgIpc) is 3.22. The fraction of sp³-hybridized carbons (Fsp3) is 0.111. The number of anilines is 1. The predicted octanol–water partition coefficient (Wildman–Crippen LogP) is 4.42. The fourth-order valence-corrected chi connectivity index (χ4v) is 3.61. The number of thiophene rings is 1. The van der Waals surface area contributed by atoms with E-state index < -0.39 is 0 Å². The largest absolute Gasteiger partial charge is 0.497 e. The lowest BCUT2D eigenvalue weighted by Gasteiger charge is -2.18. The molecule has 24 heavy (non-hydrogen) atoms. The van der Waals surface area contributed by atoms with Crippen LogP contribution in [0.5, 0.6) is 5.75 Å². The predicted molar refractivity (Wildman–Crippen MR) is 103 cm³/mol. The van der Waals surface area contributed by atoms with Gasteiger partial charge in [0.25, 0.3) is 5.91 Å². The third kappa shape index (κ3) is 3.44. The molecule has 1 aliphatic rings. The number of amidine groups is 1. The van der Waals surface area contributed by atoms with Crippen molar-refractivity contribution >= 4 is 45.9 Å². The monoisotopic (exact) mass is 356 g/mol. The van der Waals surface area contributed by atoms with Crippen LogP contribution in [0.4, 0.5) is 5.69 Å². The number of carbonyl (C=O) groups is 1. The van der Waals surface area contributed by atoms with Gasteiger partial charge in [0.05, 0.1) is 12.8 Å². The molecule has 1 aromatic carbocycles. The van der Waals surface area contributed by atoms with E-state index in [9.17, 15) is 4.79 Å². The maximum atomic E-state index is 12.9. The first kappa shape index (κ1) is 16.5. The molecule has 0 aliphatic carbocycles. The second kappa shape index (κ2) is 7.51. The van der Waals surface area contributed by atoms with Gasteiger partial charge in [0.2, 0.25) is 0 Å². The number of carbonyl (C=O) groups excluding carboxylic acids is 1. The van der Waals surface area contributed by atoms with Crippen molar-refractivity contribution in [2.75, 3.05) is 17.8 Å². The van der Waals surface area contributed by atoms with Gasteiger partial charge in [-0.2, -0.15) is 0 Å². The molecule has 3 rings (SSSR count). The highest BCUT2D eigenvalue weighted by molar-refractivity contribution is 8.14. The lowest BCUT2D eigenvalue weighted by Crippen LogP contribution is -2.30. The van der Waals surface area contributed by atoms with E-state index in [4.69, 9.17) is 4.74 Å². The van der Waals surface area contributed by atoms with E-state index in [1.807, 2.05) is 47.9 Å². The van der Waals surface area contributed by atoms with Crippen molar-refractivity contribution < 1.29 is 9.53 Å². The highest BCUT2D eigenvalue weighted by atomic mass is 32.2. The molecule has 6 heteroatoms. The number of ether oxygens (including phenoxy) is 1. The Balaban J connectivity index is 1.98. The summed E-state index contributed by atoms with van der Waals surface area (Å²) >= 11 is 3.05. The highest BCUT2D eigenvalue weighted by Gasteiger charge is 2.32. The molecule has 4 nitrogen and oxygen atoms in total. The van der Waals surface area contributed by atoms with Crippen LogP contribution < -0.4 is 9.64 Å². The van der Waals surface area contributed by atoms with Gasteiger partial charge in [-0.25, -0.2) is 4.99 Å². The molecule has 1 aliphatic heterocycles. The smallest absolute Gasteiger partial charge is 0.283 e. The summed E-state index contributed by atoms with van der Waals surface area (Å²) in [4.78, 5) is 20.0. The van der Waals surface area contributed by atoms with Crippen LogP contribution in [0, 0.1) is 0 Å². The Morgan fingerprint density at radius 1 is 1.38 bits per heavy atom. The maximum Gasteiger partial charge on any atom is 0.283 e. The highest BCUT2D eigenvalue weighted by Crippen LogP contribution is 2.31. The van der Waals surface area contributed by atoms with Gasteiger partial charge in [-0.15, -0.1) is 17.9 Å². The van der Waals surface area contributed by atoms with Gasteiger partial charge in [-0.3, -0.25) is 9.69 Å². The van der Waals surface area contributed by atoms with Crippen LogP contribution in [-0.4, -0.2) is 23.9 Å². The van der Waals surface area contributed by atoms with Crippen molar-refractivity contribution in [2.45, 2.75) is 0 Å². The topological polar surface area (TPSA) is 41.9 Å². The van der Waals surface area contributed by atoms with Crippen molar-refractivity contribution in [2.24, 2.45) is 4.99 Å². The summed E-state index contributed by atoms with van der Waals surface area (Å²) in [5.41, 5.74) is 1.18. The van der Waals surface area contributed by atoms with E-state index in [0.29, 0.717) is 22.4 Å². The third-order valence-electron chi connectivity index (χ3n) is 3.29. The Bertz CT molecular complexity index is 810. The molecule has 2 heterocycles. The number of methoxy groups -OCH3 is 1. The van der Waals surface area contributed by atoms with Crippen LogP contribution in [0.25, 0.3) is 6.08 Å².